The molecule has 0 spiro atoms. The monoisotopic (exact) mass is 427 g/mol. The third kappa shape index (κ3) is 3.60. The Balaban J connectivity index is 1.75. The van der Waals surface area contributed by atoms with E-state index in [0.717, 1.165) is 42.4 Å². The van der Waals surface area contributed by atoms with Crippen LogP contribution in [-0.2, 0) is 14.3 Å². The van der Waals surface area contributed by atoms with Crippen molar-refractivity contribution in [2.45, 2.75) is 32.2 Å². The molecule has 0 saturated carbocycles. The van der Waals surface area contributed by atoms with E-state index in [-0.39, 0.29) is 12.3 Å². The number of amides is 1. The molecule has 0 aliphatic carbocycles. The molecule has 1 aromatic carbocycles. The fourth-order valence-corrected chi connectivity index (χ4v) is 5.12. The third-order valence-corrected chi connectivity index (χ3v) is 6.52. The van der Waals surface area contributed by atoms with Crippen LogP contribution in [0.15, 0.2) is 51.6 Å². The van der Waals surface area contributed by atoms with Crippen LogP contribution in [0.25, 0.3) is 0 Å². The first-order valence-electron chi connectivity index (χ1n) is 9.98. The van der Waals surface area contributed by atoms with Crippen LogP contribution in [0.5, 0.6) is 5.75 Å². The number of allylic oxidation sites excluding steroid dienone is 1. The first kappa shape index (κ1) is 20.5. The largest absolute Gasteiger partial charge is 0.496 e. The van der Waals surface area contributed by atoms with Gasteiger partial charge in [0.1, 0.15) is 5.75 Å². The summed E-state index contributed by atoms with van der Waals surface area (Å²) in [4.78, 5) is 34.2. The maximum atomic E-state index is 12.9. The standard InChI is InChI=1S/C22H25N3O4S/c1-14-19(21(27)29-3)20(16-8-4-5-9-17(16)28-2)25-15(13-30-22(25)23-14)12-18(26)24-10-6-7-11-24/h4-5,8-9,13,20H,6-7,10-12H2,1-3H3/t20-/m0/s1. The zero-order chi connectivity index (χ0) is 21.3. The molecular weight excluding hydrogens is 402 g/mol. The fourth-order valence-electron chi connectivity index (χ4n) is 4.16. The average Bonchev–Trinajstić information content (AvgIpc) is 3.43. The van der Waals surface area contributed by atoms with E-state index in [9.17, 15) is 9.59 Å². The molecule has 3 aliphatic rings. The lowest BCUT2D eigenvalue weighted by molar-refractivity contribution is -0.136. The van der Waals surface area contributed by atoms with Crippen molar-refractivity contribution in [3.05, 3.63) is 52.2 Å². The van der Waals surface area contributed by atoms with Gasteiger partial charge >= 0.3 is 5.97 Å². The van der Waals surface area contributed by atoms with Crippen molar-refractivity contribution in [3.63, 3.8) is 0 Å². The van der Waals surface area contributed by atoms with Crippen LogP contribution in [0.4, 0.5) is 0 Å². The molecule has 0 unspecified atom stereocenters. The normalized spacial score (nSPS) is 20.7. The highest BCUT2D eigenvalue weighted by molar-refractivity contribution is 8.16. The predicted octanol–water partition coefficient (Wildman–Crippen LogP) is 3.46. The molecule has 3 aliphatic heterocycles. The van der Waals surface area contributed by atoms with E-state index < -0.39 is 12.0 Å². The number of fused-ring (bicyclic) bond motifs is 1. The van der Waals surface area contributed by atoms with E-state index >= 15 is 0 Å². The summed E-state index contributed by atoms with van der Waals surface area (Å²) in [5.74, 6) is 0.332. The van der Waals surface area contributed by atoms with Crippen LogP contribution < -0.4 is 4.74 Å². The van der Waals surface area contributed by atoms with Gasteiger partial charge in [0.15, 0.2) is 5.17 Å². The molecule has 1 aromatic rings. The molecule has 3 heterocycles. The molecule has 8 heteroatoms. The quantitative estimate of drug-likeness (QED) is 0.671. The topological polar surface area (TPSA) is 71.4 Å². The number of carbonyl (C=O) groups excluding carboxylic acids is 2. The molecule has 0 bridgehead atoms. The fraction of sp³-hybridized carbons (Fsp3) is 0.409. The zero-order valence-electron chi connectivity index (χ0n) is 17.4. The Hall–Kier alpha value is -2.74. The van der Waals surface area contributed by atoms with Crippen molar-refractivity contribution in [1.82, 2.24) is 9.80 Å². The molecular formula is C22H25N3O4S. The van der Waals surface area contributed by atoms with Crippen LogP contribution in [0.1, 0.15) is 37.8 Å². The van der Waals surface area contributed by atoms with Crippen LogP contribution in [-0.4, -0.2) is 54.2 Å². The number of nitrogens with zero attached hydrogens (tertiary/aromatic N) is 3. The number of carbonyl (C=O) groups is 2. The van der Waals surface area contributed by atoms with E-state index in [1.54, 1.807) is 7.11 Å². The van der Waals surface area contributed by atoms with Crippen molar-refractivity contribution < 1.29 is 19.1 Å². The van der Waals surface area contributed by atoms with Gasteiger partial charge in [0.05, 0.1) is 38.0 Å². The summed E-state index contributed by atoms with van der Waals surface area (Å²) in [6, 6.07) is 7.13. The highest BCUT2D eigenvalue weighted by Gasteiger charge is 2.42. The number of methoxy groups -OCH3 is 2. The first-order valence-corrected chi connectivity index (χ1v) is 10.9. The number of para-hydroxylation sites is 1. The van der Waals surface area contributed by atoms with Crippen molar-refractivity contribution in [1.29, 1.82) is 0 Å². The molecule has 4 rings (SSSR count). The number of thioether (sulfide) groups is 1. The lowest BCUT2D eigenvalue weighted by atomic mass is 9.93. The molecule has 0 radical (unpaired) electrons. The lowest BCUT2D eigenvalue weighted by Gasteiger charge is -2.36. The SMILES string of the molecule is COC(=O)C1=C(C)N=C2SC=C(CC(=O)N3CCCC3)N2[C@H]1c1ccccc1OC. The van der Waals surface area contributed by atoms with Gasteiger partial charge in [-0.3, -0.25) is 4.79 Å². The van der Waals surface area contributed by atoms with Crippen molar-refractivity contribution in [3.8, 4) is 5.75 Å². The van der Waals surface area contributed by atoms with E-state index in [0.29, 0.717) is 17.0 Å². The minimum absolute atomic E-state index is 0.102. The Morgan fingerprint density at radius 3 is 2.63 bits per heavy atom. The molecule has 0 N–H and O–H groups in total. The van der Waals surface area contributed by atoms with Gasteiger partial charge in [-0.1, -0.05) is 30.0 Å². The molecule has 1 fully saturated rings. The van der Waals surface area contributed by atoms with Crippen molar-refractivity contribution in [2.75, 3.05) is 27.3 Å². The Kier molecular flexibility index (Phi) is 5.85. The van der Waals surface area contributed by atoms with Gasteiger partial charge in [-0.05, 0) is 31.2 Å². The highest BCUT2D eigenvalue weighted by atomic mass is 32.2. The molecule has 0 aromatic heterocycles. The smallest absolute Gasteiger partial charge is 0.338 e. The Bertz CT molecular complexity index is 963. The maximum absolute atomic E-state index is 12.9. The summed E-state index contributed by atoms with van der Waals surface area (Å²) in [6.07, 6.45) is 2.37. The summed E-state index contributed by atoms with van der Waals surface area (Å²) < 4.78 is 10.7. The van der Waals surface area contributed by atoms with Crippen LogP contribution in [0, 0.1) is 0 Å². The number of likely N-dealkylation sites (tertiary alicyclic amines) is 1. The van der Waals surface area contributed by atoms with E-state index in [2.05, 4.69) is 4.99 Å². The lowest BCUT2D eigenvalue weighted by Crippen LogP contribution is -2.38. The second-order valence-electron chi connectivity index (χ2n) is 7.39. The molecule has 1 saturated heterocycles. The number of hydrogen-bond acceptors (Lipinski definition) is 7. The van der Waals surface area contributed by atoms with Gasteiger partial charge in [-0.25, -0.2) is 9.79 Å². The van der Waals surface area contributed by atoms with Gasteiger partial charge in [0.25, 0.3) is 0 Å². The minimum atomic E-state index is -0.478. The summed E-state index contributed by atoms with van der Waals surface area (Å²) in [7, 11) is 2.98. The van der Waals surface area contributed by atoms with Gasteiger partial charge in [0, 0.05) is 24.4 Å². The van der Waals surface area contributed by atoms with E-state index in [1.165, 1.54) is 18.9 Å². The molecule has 1 atom stereocenters. The first-order chi connectivity index (χ1) is 14.5. The second-order valence-corrected chi connectivity index (χ2v) is 8.23. The Morgan fingerprint density at radius 2 is 1.93 bits per heavy atom. The number of ether oxygens (including phenoxy) is 2. The van der Waals surface area contributed by atoms with Crippen LogP contribution in [0.2, 0.25) is 0 Å². The average molecular weight is 428 g/mol. The summed E-state index contributed by atoms with van der Waals surface area (Å²) in [5.41, 5.74) is 2.72. The maximum Gasteiger partial charge on any atom is 0.338 e. The highest BCUT2D eigenvalue weighted by Crippen LogP contribution is 2.46. The number of amidine groups is 1. The molecule has 30 heavy (non-hydrogen) atoms. The van der Waals surface area contributed by atoms with E-state index in [1.807, 2.05) is 46.4 Å². The summed E-state index contributed by atoms with van der Waals surface area (Å²) in [6.45, 7) is 3.43. The Labute approximate surface area is 180 Å². The second kappa shape index (κ2) is 8.55. The molecule has 1 amide bonds. The minimum Gasteiger partial charge on any atom is -0.496 e. The van der Waals surface area contributed by atoms with Crippen molar-refractivity contribution in [2.24, 2.45) is 4.99 Å². The van der Waals surface area contributed by atoms with E-state index in [4.69, 9.17) is 9.47 Å². The van der Waals surface area contributed by atoms with Gasteiger partial charge in [-0.15, -0.1) is 0 Å². The number of hydrogen-bond donors (Lipinski definition) is 0. The number of rotatable bonds is 5. The van der Waals surface area contributed by atoms with Gasteiger partial charge in [0.2, 0.25) is 5.91 Å². The van der Waals surface area contributed by atoms with Crippen LogP contribution in [0.3, 0.4) is 0 Å². The van der Waals surface area contributed by atoms with Crippen LogP contribution >= 0.6 is 11.8 Å². The summed E-state index contributed by atoms with van der Waals surface area (Å²) >= 11 is 1.47. The summed E-state index contributed by atoms with van der Waals surface area (Å²) in [5, 5.41) is 2.71. The van der Waals surface area contributed by atoms with Gasteiger partial charge in [-0.2, -0.15) is 0 Å². The predicted molar refractivity (Wildman–Crippen MR) is 116 cm³/mol. The number of benzene rings is 1. The number of esters is 1. The third-order valence-electron chi connectivity index (χ3n) is 5.63. The van der Waals surface area contributed by atoms with Crippen molar-refractivity contribution >= 4 is 28.8 Å². The number of aliphatic imine (C=N–C) groups is 1. The molecule has 7 nitrogen and oxygen atoms in total. The van der Waals surface area contributed by atoms with Gasteiger partial charge < -0.3 is 19.3 Å². The molecule has 158 valence electrons. The Morgan fingerprint density at radius 1 is 1.20 bits per heavy atom. The zero-order valence-corrected chi connectivity index (χ0v) is 18.2.